The van der Waals surface area contributed by atoms with Gasteiger partial charge >= 0.3 is 5.97 Å². The molecule has 2 rings (SSSR count). The third kappa shape index (κ3) is 2.98. The predicted octanol–water partition coefficient (Wildman–Crippen LogP) is 1.71. The van der Waals surface area contributed by atoms with Crippen LogP contribution in [0.15, 0.2) is 18.2 Å². The molecule has 0 aromatic heterocycles. The van der Waals surface area contributed by atoms with Crippen molar-refractivity contribution < 1.29 is 15.0 Å². The molecule has 19 heavy (non-hydrogen) atoms. The van der Waals surface area contributed by atoms with Gasteiger partial charge < -0.3 is 20.8 Å². The number of carbonyl (C=O) groups is 1. The predicted molar refractivity (Wildman–Crippen MR) is 74.5 cm³/mol. The number of rotatable bonds is 6. The Labute approximate surface area is 112 Å². The third-order valence-electron chi connectivity index (χ3n) is 3.63. The van der Waals surface area contributed by atoms with Gasteiger partial charge in [-0.1, -0.05) is 0 Å². The first-order valence-corrected chi connectivity index (χ1v) is 6.64. The SMILES string of the molecule is Nc1ccc(C(=O)O)c(N(CCCO)C2CCC2)c1. The molecule has 1 aliphatic rings. The maximum atomic E-state index is 11.3. The first-order valence-electron chi connectivity index (χ1n) is 6.64. The molecule has 0 atom stereocenters. The second-order valence-electron chi connectivity index (χ2n) is 4.94. The molecule has 1 aromatic rings. The lowest BCUT2D eigenvalue weighted by atomic mass is 9.90. The van der Waals surface area contributed by atoms with E-state index in [9.17, 15) is 9.90 Å². The number of hydrogen-bond acceptors (Lipinski definition) is 4. The number of anilines is 2. The molecular weight excluding hydrogens is 244 g/mol. The summed E-state index contributed by atoms with van der Waals surface area (Å²) in [5.41, 5.74) is 7.30. The monoisotopic (exact) mass is 264 g/mol. The van der Waals surface area contributed by atoms with Crippen LogP contribution in [-0.4, -0.2) is 35.4 Å². The van der Waals surface area contributed by atoms with Gasteiger partial charge in [0.25, 0.3) is 0 Å². The number of hydrogen-bond donors (Lipinski definition) is 3. The fraction of sp³-hybridized carbons (Fsp3) is 0.500. The number of benzene rings is 1. The molecule has 0 aliphatic heterocycles. The quantitative estimate of drug-likeness (QED) is 0.681. The van der Waals surface area contributed by atoms with Gasteiger partial charge in [-0.3, -0.25) is 0 Å². The van der Waals surface area contributed by atoms with Gasteiger partial charge in [-0.2, -0.15) is 0 Å². The molecule has 5 nitrogen and oxygen atoms in total. The molecule has 1 aromatic carbocycles. The lowest BCUT2D eigenvalue weighted by Crippen LogP contribution is -2.42. The molecule has 0 radical (unpaired) electrons. The molecule has 0 saturated heterocycles. The van der Waals surface area contributed by atoms with Gasteiger partial charge in [0.2, 0.25) is 0 Å². The van der Waals surface area contributed by atoms with Crippen molar-refractivity contribution in [2.24, 2.45) is 0 Å². The summed E-state index contributed by atoms with van der Waals surface area (Å²) in [6, 6.07) is 5.25. The van der Waals surface area contributed by atoms with Crippen molar-refractivity contribution in [1.29, 1.82) is 0 Å². The van der Waals surface area contributed by atoms with Crippen LogP contribution in [0.25, 0.3) is 0 Å². The molecule has 5 heteroatoms. The van der Waals surface area contributed by atoms with Crippen LogP contribution in [0.1, 0.15) is 36.0 Å². The molecule has 1 aliphatic carbocycles. The van der Waals surface area contributed by atoms with Crippen LogP contribution in [0.4, 0.5) is 11.4 Å². The summed E-state index contributed by atoms with van der Waals surface area (Å²) >= 11 is 0. The van der Waals surface area contributed by atoms with E-state index in [0.717, 1.165) is 12.8 Å². The summed E-state index contributed by atoms with van der Waals surface area (Å²) in [4.78, 5) is 13.4. The lowest BCUT2D eigenvalue weighted by Gasteiger charge is -2.40. The third-order valence-corrected chi connectivity index (χ3v) is 3.63. The van der Waals surface area contributed by atoms with E-state index >= 15 is 0 Å². The Morgan fingerprint density at radius 2 is 2.16 bits per heavy atom. The van der Waals surface area contributed by atoms with Crippen molar-refractivity contribution in [3.05, 3.63) is 23.8 Å². The van der Waals surface area contributed by atoms with Crippen LogP contribution in [0.2, 0.25) is 0 Å². The Bertz CT molecular complexity index is 458. The van der Waals surface area contributed by atoms with Gasteiger partial charge in [0.05, 0.1) is 11.3 Å². The van der Waals surface area contributed by atoms with E-state index in [-0.39, 0.29) is 12.2 Å². The summed E-state index contributed by atoms with van der Waals surface area (Å²) in [6.07, 6.45) is 3.94. The van der Waals surface area contributed by atoms with Gasteiger partial charge in [-0.25, -0.2) is 4.79 Å². The summed E-state index contributed by atoms with van der Waals surface area (Å²) in [7, 11) is 0. The molecule has 0 spiro atoms. The van der Waals surface area contributed by atoms with E-state index in [1.807, 2.05) is 0 Å². The highest BCUT2D eigenvalue weighted by molar-refractivity contribution is 5.95. The van der Waals surface area contributed by atoms with Crippen LogP contribution in [-0.2, 0) is 0 Å². The largest absolute Gasteiger partial charge is 0.478 e. The van der Waals surface area contributed by atoms with Crippen LogP contribution >= 0.6 is 0 Å². The number of aliphatic hydroxyl groups is 1. The molecule has 104 valence electrons. The normalized spacial score (nSPS) is 15.0. The van der Waals surface area contributed by atoms with E-state index in [1.165, 1.54) is 6.42 Å². The number of nitrogens with zero attached hydrogens (tertiary/aromatic N) is 1. The van der Waals surface area contributed by atoms with E-state index < -0.39 is 5.97 Å². The fourth-order valence-corrected chi connectivity index (χ4v) is 2.41. The summed E-state index contributed by atoms with van der Waals surface area (Å²) in [5.74, 6) is -0.941. The van der Waals surface area contributed by atoms with Crippen LogP contribution < -0.4 is 10.6 Å². The number of nitrogens with two attached hydrogens (primary N) is 1. The number of aromatic carboxylic acids is 1. The van der Waals surface area contributed by atoms with Crippen molar-refractivity contribution in [3.63, 3.8) is 0 Å². The molecule has 0 unspecified atom stereocenters. The van der Waals surface area contributed by atoms with Crippen molar-refractivity contribution >= 4 is 17.3 Å². The van der Waals surface area contributed by atoms with Gasteiger partial charge in [-0.05, 0) is 43.9 Å². The maximum Gasteiger partial charge on any atom is 0.337 e. The highest BCUT2D eigenvalue weighted by Crippen LogP contribution is 2.33. The minimum atomic E-state index is -0.941. The highest BCUT2D eigenvalue weighted by Gasteiger charge is 2.27. The van der Waals surface area contributed by atoms with Gasteiger partial charge in [-0.15, -0.1) is 0 Å². The Morgan fingerprint density at radius 1 is 1.42 bits per heavy atom. The Morgan fingerprint density at radius 3 is 2.68 bits per heavy atom. The summed E-state index contributed by atoms with van der Waals surface area (Å²) < 4.78 is 0. The average Bonchev–Trinajstić information content (AvgIpc) is 2.31. The number of carboxylic acid groups (broad SMARTS) is 1. The highest BCUT2D eigenvalue weighted by atomic mass is 16.4. The minimum absolute atomic E-state index is 0.105. The number of carboxylic acids is 1. The Kier molecular flexibility index (Phi) is 4.27. The van der Waals surface area contributed by atoms with Crippen molar-refractivity contribution in [2.75, 3.05) is 23.8 Å². The molecule has 0 bridgehead atoms. The fourth-order valence-electron chi connectivity index (χ4n) is 2.41. The summed E-state index contributed by atoms with van der Waals surface area (Å²) in [5, 5.41) is 18.3. The van der Waals surface area contributed by atoms with Gasteiger partial charge in [0.1, 0.15) is 0 Å². The Balaban J connectivity index is 2.33. The second kappa shape index (κ2) is 5.93. The molecule has 0 heterocycles. The topological polar surface area (TPSA) is 86.8 Å². The number of aliphatic hydroxyl groups excluding tert-OH is 1. The van der Waals surface area contributed by atoms with Gasteiger partial charge in [0.15, 0.2) is 0 Å². The molecule has 1 saturated carbocycles. The van der Waals surface area contributed by atoms with Crippen LogP contribution in [0.5, 0.6) is 0 Å². The zero-order valence-corrected chi connectivity index (χ0v) is 10.9. The minimum Gasteiger partial charge on any atom is -0.478 e. The average molecular weight is 264 g/mol. The first kappa shape index (κ1) is 13.7. The summed E-state index contributed by atoms with van der Waals surface area (Å²) in [6.45, 7) is 0.763. The smallest absolute Gasteiger partial charge is 0.337 e. The van der Waals surface area contributed by atoms with E-state index in [0.29, 0.717) is 30.4 Å². The standard InChI is InChI=1S/C14H20N2O3/c15-10-5-6-12(14(18)19)13(9-10)16(7-2-8-17)11-3-1-4-11/h5-6,9,11,17H,1-4,7-8,15H2,(H,18,19). The zero-order chi connectivity index (χ0) is 13.8. The first-order chi connectivity index (χ1) is 9.13. The maximum absolute atomic E-state index is 11.3. The molecular formula is C14H20N2O3. The molecule has 1 fully saturated rings. The van der Waals surface area contributed by atoms with Crippen LogP contribution in [0, 0.1) is 0 Å². The van der Waals surface area contributed by atoms with Crippen molar-refractivity contribution in [3.8, 4) is 0 Å². The zero-order valence-electron chi connectivity index (χ0n) is 10.9. The van der Waals surface area contributed by atoms with Gasteiger partial charge in [0, 0.05) is 24.9 Å². The van der Waals surface area contributed by atoms with Crippen molar-refractivity contribution in [2.45, 2.75) is 31.7 Å². The Hall–Kier alpha value is -1.75. The molecule has 0 amide bonds. The van der Waals surface area contributed by atoms with E-state index in [1.54, 1.807) is 18.2 Å². The second-order valence-corrected chi connectivity index (χ2v) is 4.94. The number of nitrogen functional groups attached to an aromatic ring is 1. The van der Waals surface area contributed by atoms with E-state index in [2.05, 4.69) is 4.90 Å². The molecule has 4 N–H and O–H groups in total. The van der Waals surface area contributed by atoms with Crippen LogP contribution in [0.3, 0.4) is 0 Å². The van der Waals surface area contributed by atoms with E-state index in [4.69, 9.17) is 10.8 Å². The lowest BCUT2D eigenvalue weighted by molar-refractivity contribution is 0.0697. The van der Waals surface area contributed by atoms with Crippen molar-refractivity contribution in [1.82, 2.24) is 0 Å².